The van der Waals surface area contributed by atoms with Crippen LogP contribution in [0.2, 0.25) is 0 Å². The van der Waals surface area contributed by atoms with E-state index in [0.29, 0.717) is 0 Å². The first-order valence-electron chi connectivity index (χ1n) is 7.01. The van der Waals surface area contributed by atoms with Gasteiger partial charge in [-0.1, -0.05) is 32.0 Å². The highest BCUT2D eigenvalue weighted by Crippen LogP contribution is 2.30. The maximum absolute atomic E-state index is 6.42. The zero-order valence-corrected chi connectivity index (χ0v) is 13.1. The SMILES string of the molecule is CCc1ccc(C(N)c2cc(C)c(C)s2)cc1CC. The Morgan fingerprint density at radius 2 is 1.74 bits per heavy atom. The van der Waals surface area contributed by atoms with E-state index < -0.39 is 0 Å². The highest BCUT2D eigenvalue weighted by molar-refractivity contribution is 7.12. The molecule has 0 aliphatic heterocycles. The van der Waals surface area contributed by atoms with E-state index in [0.717, 1.165) is 12.8 Å². The molecule has 0 aliphatic carbocycles. The summed E-state index contributed by atoms with van der Waals surface area (Å²) in [6, 6.07) is 8.94. The van der Waals surface area contributed by atoms with Gasteiger partial charge in [-0.25, -0.2) is 0 Å². The normalized spacial score (nSPS) is 12.7. The number of benzene rings is 1. The van der Waals surface area contributed by atoms with E-state index in [4.69, 9.17) is 5.73 Å². The standard InChI is InChI=1S/C17H23NS/c1-5-13-7-8-15(10-14(13)6-2)17(18)16-9-11(3)12(4)19-16/h7-10,17H,5-6,18H2,1-4H3. The zero-order chi connectivity index (χ0) is 14.0. The minimum Gasteiger partial charge on any atom is -0.320 e. The first-order chi connectivity index (χ1) is 9.06. The van der Waals surface area contributed by atoms with E-state index in [1.165, 1.54) is 32.0 Å². The number of hydrogen-bond acceptors (Lipinski definition) is 2. The van der Waals surface area contributed by atoms with Gasteiger partial charge in [0, 0.05) is 9.75 Å². The fourth-order valence-electron chi connectivity index (χ4n) is 2.43. The van der Waals surface area contributed by atoms with Gasteiger partial charge < -0.3 is 5.73 Å². The number of thiophene rings is 1. The summed E-state index contributed by atoms with van der Waals surface area (Å²) in [4.78, 5) is 2.63. The molecule has 1 heterocycles. The van der Waals surface area contributed by atoms with Gasteiger partial charge in [0.05, 0.1) is 6.04 Å². The van der Waals surface area contributed by atoms with E-state index in [1.54, 1.807) is 0 Å². The summed E-state index contributed by atoms with van der Waals surface area (Å²) in [7, 11) is 0. The number of rotatable bonds is 4. The highest BCUT2D eigenvalue weighted by atomic mass is 32.1. The smallest absolute Gasteiger partial charge is 0.0646 e. The predicted molar refractivity (Wildman–Crippen MR) is 85.0 cm³/mol. The summed E-state index contributed by atoms with van der Waals surface area (Å²) in [5.74, 6) is 0. The first kappa shape index (κ1) is 14.3. The lowest BCUT2D eigenvalue weighted by Gasteiger charge is -2.14. The minimum absolute atomic E-state index is 0.00797. The second kappa shape index (κ2) is 5.89. The lowest BCUT2D eigenvalue weighted by Crippen LogP contribution is -2.11. The lowest BCUT2D eigenvalue weighted by molar-refractivity contribution is 0.882. The molecule has 0 radical (unpaired) electrons. The van der Waals surface area contributed by atoms with Crippen molar-refractivity contribution >= 4 is 11.3 Å². The summed E-state index contributed by atoms with van der Waals surface area (Å²) in [5.41, 5.74) is 11.9. The Labute approximate surface area is 120 Å². The molecular weight excluding hydrogens is 250 g/mol. The van der Waals surface area contributed by atoms with Crippen LogP contribution in [0.25, 0.3) is 0 Å². The second-order valence-corrected chi connectivity index (χ2v) is 6.39. The Hall–Kier alpha value is -1.12. The van der Waals surface area contributed by atoms with E-state index in [-0.39, 0.29) is 6.04 Å². The van der Waals surface area contributed by atoms with Crippen LogP contribution in [0.15, 0.2) is 24.3 Å². The molecular formula is C17H23NS. The molecule has 0 aliphatic rings. The van der Waals surface area contributed by atoms with Crippen LogP contribution in [-0.4, -0.2) is 0 Å². The van der Waals surface area contributed by atoms with E-state index >= 15 is 0 Å². The Balaban J connectivity index is 2.35. The van der Waals surface area contributed by atoms with Gasteiger partial charge in [0.2, 0.25) is 0 Å². The number of hydrogen-bond donors (Lipinski definition) is 1. The Kier molecular flexibility index (Phi) is 4.43. The molecule has 2 heteroatoms. The predicted octanol–water partition coefficient (Wildman–Crippen LogP) is 4.54. The van der Waals surface area contributed by atoms with Crippen molar-refractivity contribution in [3.8, 4) is 0 Å². The Bertz CT molecular complexity index is 549. The summed E-state index contributed by atoms with van der Waals surface area (Å²) in [6.45, 7) is 8.73. The molecule has 1 nitrogen and oxygen atoms in total. The van der Waals surface area contributed by atoms with Crippen LogP contribution >= 0.6 is 11.3 Å². The molecule has 0 fully saturated rings. The average molecular weight is 273 g/mol. The molecule has 2 aromatic rings. The summed E-state index contributed by atoms with van der Waals surface area (Å²) in [6.07, 6.45) is 2.17. The van der Waals surface area contributed by atoms with Crippen LogP contribution < -0.4 is 5.73 Å². The van der Waals surface area contributed by atoms with Crippen LogP contribution in [0.4, 0.5) is 0 Å². The molecule has 0 saturated carbocycles. The third kappa shape index (κ3) is 2.90. The molecule has 0 bridgehead atoms. The molecule has 1 aromatic carbocycles. The molecule has 19 heavy (non-hydrogen) atoms. The van der Waals surface area contributed by atoms with Crippen molar-refractivity contribution in [1.29, 1.82) is 0 Å². The number of nitrogens with two attached hydrogens (primary N) is 1. The van der Waals surface area contributed by atoms with Gasteiger partial charge in [0.25, 0.3) is 0 Å². The maximum atomic E-state index is 6.42. The lowest BCUT2D eigenvalue weighted by atomic mass is 9.96. The van der Waals surface area contributed by atoms with E-state index in [9.17, 15) is 0 Å². The maximum Gasteiger partial charge on any atom is 0.0646 e. The monoisotopic (exact) mass is 273 g/mol. The summed E-state index contributed by atoms with van der Waals surface area (Å²) >= 11 is 1.82. The summed E-state index contributed by atoms with van der Waals surface area (Å²) in [5, 5.41) is 0. The molecule has 0 spiro atoms. The van der Waals surface area contributed by atoms with Gasteiger partial charge in [-0.05, 0) is 55.0 Å². The van der Waals surface area contributed by atoms with Gasteiger partial charge in [0.15, 0.2) is 0 Å². The van der Waals surface area contributed by atoms with Crippen LogP contribution in [0, 0.1) is 13.8 Å². The van der Waals surface area contributed by atoms with Crippen molar-refractivity contribution in [1.82, 2.24) is 0 Å². The van der Waals surface area contributed by atoms with Crippen molar-refractivity contribution in [2.45, 2.75) is 46.6 Å². The van der Waals surface area contributed by atoms with Gasteiger partial charge in [0.1, 0.15) is 0 Å². The van der Waals surface area contributed by atoms with Gasteiger partial charge in [-0.15, -0.1) is 11.3 Å². The van der Waals surface area contributed by atoms with Gasteiger partial charge in [-0.3, -0.25) is 0 Å². The quantitative estimate of drug-likeness (QED) is 0.869. The first-order valence-corrected chi connectivity index (χ1v) is 7.82. The topological polar surface area (TPSA) is 26.0 Å². The molecule has 1 aromatic heterocycles. The molecule has 0 saturated heterocycles. The van der Waals surface area contributed by atoms with E-state index in [1.807, 2.05) is 11.3 Å². The third-order valence-electron chi connectivity index (χ3n) is 3.84. The van der Waals surface area contributed by atoms with Gasteiger partial charge >= 0.3 is 0 Å². The van der Waals surface area contributed by atoms with Crippen molar-refractivity contribution in [3.05, 3.63) is 56.3 Å². The van der Waals surface area contributed by atoms with Crippen molar-refractivity contribution in [3.63, 3.8) is 0 Å². The molecule has 2 N–H and O–H groups in total. The minimum atomic E-state index is 0.00797. The van der Waals surface area contributed by atoms with Crippen LogP contribution in [0.1, 0.15) is 51.9 Å². The summed E-state index contributed by atoms with van der Waals surface area (Å²) < 4.78 is 0. The fraction of sp³-hybridized carbons (Fsp3) is 0.412. The molecule has 0 amide bonds. The van der Waals surface area contributed by atoms with Crippen LogP contribution in [0.5, 0.6) is 0 Å². The van der Waals surface area contributed by atoms with Crippen molar-refractivity contribution in [2.24, 2.45) is 5.73 Å². The second-order valence-electron chi connectivity index (χ2n) is 5.10. The molecule has 102 valence electrons. The van der Waals surface area contributed by atoms with Crippen molar-refractivity contribution < 1.29 is 0 Å². The van der Waals surface area contributed by atoms with Crippen molar-refractivity contribution in [2.75, 3.05) is 0 Å². The Morgan fingerprint density at radius 1 is 1.05 bits per heavy atom. The third-order valence-corrected chi connectivity index (χ3v) is 5.08. The Morgan fingerprint density at radius 3 is 2.26 bits per heavy atom. The largest absolute Gasteiger partial charge is 0.320 e. The molecule has 2 rings (SSSR count). The number of aryl methyl sites for hydroxylation is 4. The van der Waals surface area contributed by atoms with Gasteiger partial charge in [-0.2, -0.15) is 0 Å². The average Bonchev–Trinajstić information content (AvgIpc) is 2.77. The van der Waals surface area contributed by atoms with Crippen LogP contribution in [-0.2, 0) is 12.8 Å². The zero-order valence-electron chi connectivity index (χ0n) is 12.3. The van der Waals surface area contributed by atoms with E-state index in [2.05, 4.69) is 52.0 Å². The highest BCUT2D eigenvalue weighted by Gasteiger charge is 2.13. The molecule has 1 atom stereocenters. The fourth-order valence-corrected chi connectivity index (χ4v) is 3.50. The van der Waals surface area contributed by atoms with Crippen LogP contribution in [0.3, 0.4) is 0 Å². The molecule has 1 unspecified atom stereocenters.